The number of nitrogens with two attached hydrogens (primary N) is 1. The fourth-order valence-corrected chi connectivity index (χ4v) is 2.76. The summed E-state index contributed by atoms with van der Waals surface area (Å²) in [5.41, 5.74) is 2.67. The van der Waals surface area contributed by atoms with Crippen LogP contribution >= 0.6 is 11.8 Å². The lowest BCUT2D eigenvalue weighted by atomic mass is 10.2. The number of sulfonamides is 1. The van der Waals surface area contributed by atoms with Crippen LogP contribution in [0.25, 0.3) is 0 Å². The van der Waals surface area contributed by atoms with E-state index in [0.29, 0.717) is 12.2 Å². The van der Waals surface area contributed by atoms with Crippen molar-refractivity contribution in [2.45, 2.75) is 23.5 Å². The molecule has 1 aromatic rings. The number of aromatic nitrogens is 1. The Bertz CT molecular complexity index is 502. The molecule has 1 aromatic heterocycles. The lowest BCUT2D eigenvalue weighted by Gasteiger charge is -2.22. The van der Waals surface area contributed by atoms with Crippen molar-refractivity contribution >= 4 is 27.5 Å². The van der Waals surface area contributed by atoms with E-state index in [1.54, 1.807) is 11.8 Å². The Morgan fingerprint density at radius 1 is 1.50 bits per heavy atom. The molecule has 6 nitrogen and oxygen atoms in total. The molecule has 0 radical (unpaired) electrons. The molecule has 0 unspecified atom stereocenters. The smallest absolute Gasteiger partial charge is 0.244 e. The van der Waals surface area contributed by atoms with Crippen LogP contribution in [0.15, 0.2) is 23.4 Å². The van der Waals surface area contributed by atoms with Crippen LogP contribution in [0.5, 0.6) is 0 Å². The minimum absolute atomic E-state index is 0.0457. The maximum absolute atomic E-state index is 12.1. The SMILES string of the molecule is CSC(C)(C)CNS(=O)(=O)c1cnccc1NN. The molecule has 0 saturated carbocycles. The largest absolute Gasteiger partial charge is 0.323 e. The van der Waals surface area contributed by atoms with Crippen molar-refractivity contribution in [1.29, 1.82) is 0 Å². The molecule has 0 atom stereocenters. The van der Waals surface area contributed by atoms with Gasteiger partial charge in [0, 0.05) is 23.7 Å². The highest BCUT2D eigenvalue weighted by atomic mass is 32.2. The maximum atomic E-state index is 12.1. The van der Waals surface area contributed by atoms with Gasteiger partial charge in [-0.3, -0.25) is 10.8 Å². The summed E-state index contributed by atoms with van der Waals surface area (Å²) in [6.45, 7) is 4.26. The summed E-state index contributed by atoms with van der Waals surface area (Å²) < 4.78 is 26.6. The van der Waals surface area contributed by atoms with Gasteiger partial charge in [-0.25, -0.2) is 13.1 Å². The van der Waals surface area contributed by atoms with E-state index in [0.717, 1.165) is 0 Å². The van der Waals surface area contributed by atoms with Crippen LogP contribution in [0.1, 0.15) is 13.8 Å². The van der Waals surface area contributed by atoms with Gasteiger partial charge < -0.3 is 5.43 Å². The Morgan fingerprint density at radius 3 is 2.72 bits per heavy atom. The van der Waals surface area contributed by atoms with E-state index in [1.165, 1.54) is 18.5 Å². The van der Waals surface area contributed by atoms with Gasteiger partial charge in [-0.15, -0.1) is 0 Å². The molecule has 0 fully saturated rings. The van der Waals surface area contributed by atoms with Gasteiger partial charge in [-0.05, 0) is 26.2 Å². The number of hydrazine groups is 1. The molecular weight excluding hydrogens is 272 g/mol. The molecule has 0 aromatic carbocycles. The minimum atomic E-state index is -3.61. The third-order valence-electron chi connectivity index (χ3n) is 2.47. The first-order valence-electron chi connectivity index (χ1n) is 5.28. The molecule has 0 aliphatic carbocycles. The second-order valence-corrected chi connectivity index (χ2v) is 7.55. The summed E-state index contributed by atoms with van der Waals surface area (Å²) in [4.78, 5) is 3.85. The zero-order valence-electron chi connectivity index (χ0n) is 10.6. The Kier molecular flexibility index (Phi) is 4.97. The number of hydrogen-bond donors (Lipinski definition) is 3. The first-order chi connectivity index (χ1) is 8.32. The van der Waals surface area contributed by atoms with Crippen molar-refractivity contribution in [3.8, 4) is 0 Å². The number of nitrogens with zero attached hydrogens (tertiary/aromatic N) is 1. The Balaban J connectivity index is 2.94. The lowest BCUT2D eigenvalue weighted by molar-refractivity contribution is 0.570. The third-order valence-corrected chi connectivity index (χ3v) is 5.15. The van der Waals surface area contributed by atoms with E-state index in [9.17, 15) is 8.42 Å². The Morgan fingerprint density at radius 2 is 2.17 bits per heavy atom. The maximum Gasteiger partial charge on any atom is 0.244 e. The van der Waals surface area contributed by atoms with Gasteiger partial charge in [0.15, 0.2) is 0 Å². The molecule has 1 heterocycles. The van der Waals surface area contributed by atoms with Crippen molar-refractivity contribution in [2.75, 3.05) is 18.2 Å². The van der Waals surface area contributed by atoms with E-state index >= 15 is 0 Å². The molecule has 8 heteroatoms. The Labute approximate surface area is 112 Å². The fourth-order valence-electron chi connectivity index (χ4n) is 1.13. The van der Waals surface area contributed by atoms with E-state index in [4.69, 9.17) is 5.84 Å². The number of nitrogen functional groups attached to an aromatic ring is 1. The summed E-state index contributed by atoms with van der Waals surface area (Å²) in [7, 11) is -3.61. The number of rotatable bonds is 6. The van der Waals surface area contributed by atoms with Gasteiger partial charge in [-0.2, -0.15) is 11.8 Å². The van der Waals surface area contributed by atoms with Crippen molar-refractivity contribution in [3.05, 3.63) is 18.5 Å². The second kappa shape index (κ2) is 5.87. The topological polar surface area (TPSA) is 97.1 Å². The van der Waals surface area contributed by atoms with Crippen LogP contribution < -0.4 is 16.0 Å². The van der Waals surface area contributed by atoms with Gasteiger partial charge in [0.2, 0.25) is 10.0 Å². The monoisotopic (exact) mass is 290 g/mol. The minimum Gasteiger partial charge on any atom is -0.323 e. The van der Waals surface area contributed by atoms with Crippen LogP contribution in [0.2, 0.25) is 0 Å². The predicted octanol–water partition coefficient (Wildman–Crippen LogP) is 0.787. The average Bonchev–Trinajstić information content (AvgIpc) is 2.37. The van der Waals surface area contributed by atoms with E-state index in [1.807, 2.05) is 20.1 Å². The molecule has 0 aliphatic heterocycles. The molecule has 4 N–H and O–H groups in total. The van der Waals surface area contributed by atoms with Gasteiger partial charge in [0.1, 0.15) is 4.90 Å². The summed E-state index contributed by atoms with van der Waals surface area (Å²) in [6.07, 6.45) is 4.68. The van der Waals surface area contributed by atoms with Crippen molar-refractivity contribution in [3.63, 3.8) is 0 Å². The van der Waals surface area contributed by atoms with Gasteiger partial charge in [-0.1, -0.05) is 0 Å². The summed E-state index contributed by atoms with van der Waals surface area (Å²) in [5, 5.41) is 0. The molecule has 0 aliphatic rings. The van der Waals surface area contributed by atoms with E-state index < -0.39 is 10.0 Å². The zero-order valence-corrected chi connectivity index (χ0v) is 12.2. The van der Waals surface area contributed by atoms with Gasteiger partial charge in [0.25, 0.3) is 0 Å². The summed E-state index contributed by atoms with van der Waals surface area (Å²) >= 11 is 1.59. The normalized spacial score (nSPS) is 12.4. The highest BCUT2D eigenvalue weighted by Crippen LogP contribution is 2.22. The van der Waals surface area contributed by atoms with Crippen LogP contribution in [-0.2, 0) is 10.0 Å². The van der Waals surface area contributed by atoms with Crippen LogP contribution in [0.4, 0.5) is 5.69 Å². The summed E-state index contributed by atoms with van der Waals surface area (Å²) in [5.74, 6) is 5.28. The molecule has 0 amide bonds. The zero-order chi connectivity index (χ0) is 13.8. The van der Waals surface area contributed by atoms with Crippen LogP contribution in [-0.4, -0.2) is 30.9 Å². The molecule has 18 heavy (non-hydrogen) atoms. The summed E-state index contributed by atoms with van der Waals surface area (Å²) in [6, 6.07) is 1.51. The molecule has 1 rings (SSSR count). The number of hydrogen-bond acceptors (Lipinski definition) is 6. The molecule has 0 saturated heterocycles. The van der Waals surface area contributed by atoms with Crippen molar-refractivity contribution in [1.82, 2.24) is 9.71 Å². The highest BCUT2D eigenvalue weighted by molar-refractivity contribution is 8.00. The highest BCUT2D eigenvalue weighted by Gasteiger charge is 2.23. The number of anilines is 1. The number of pyridine rings is 1. The predicted molar refractivity (Wildman–Crippen MR) is 74.8 cm³/mol. The molecule has 0 bridgehead atoms. The standard InChI is InChI=1S/C10H18N4O2S2/c1-10(2,17-3)7-13-18(15,16)9-6-12-5-4-8(9)14-11/h4-6,13H,7,11H2,1-3H3,(H,12,14). The quantitative estimate of drug-likeness (QED) is 0.529. The third kappa shape index (κ3) is 3.84. The first kappa shape index (κ1) is 15.2. The molecular formula is C10H18N4O2S2. The first-order valence-corrected chi connectivity index (χ1v) is 7.98. The van der Waals surface area contributed by atoms with Crippen molar-refractivity contribution in [2.24, 2.45) is 5.84 Å². The fraction of sp³-hybridized carbons (Fsp3) is 0.500. The average molecular weight is 290 g/mol. The lowest BCUT2D eigenvalue weighted by Crippen LogP contribution is -2.36. The Hall–Kier alpha value is -0.830. The van der Waals surface area contributed by atoms with E-state index in [-0.39, 0.29) is 9.64 Å². The van der Waals surface area contributed by atoms with E-state index in [2.05, 4.69) is 15.1 Å². The van der Waals surface area contributed by atoms with Crippen LogP contribution in [0.3, 0.4) is 0 Å². The molecule has 0 spiro atoms. The van der Waals surface area contributed by atoms with Gasteiger partial charge in [0.05, 0.1) is 5.69 Å². The van der Waals surface area contributed by atoms with Crippen molar-refractivity contribution < 1.29 is 8.42 Å². The van der Waals surface area contributed by atoms with Crippen LogP contribution in [0, 0.1) is 0 Å². The second-order valence-electron chi connectivity index (χ2n) is 4.30. The van der Waals surface area contributed by atoms with Gasteiger partial charge >= 0.3 is 0 Å². The number of thioether (sulfide) groups is 1. The number of nitrogens with one attached hydrogen (secondary N) is 2. The molecule has 102 valence electrons.